The highest BCUT2D eigenvalue weighted by Crippen LogP contribution is 2.08. The lowest BCUT2D eigenvalue weighted by molar-refractivity contribution is -0.160. The van der Waals surface area contributed by atoms with Gasteiger partial charge in [-0.1, -0.05) is 11.3 Å². The van der Waals surface area contributed by atoms with Crippen LogP contribution in [0.2, 0.25) is 0 Å². The van der Waals surface area contributed by atoms with E-state index in [1.165, 1.54) is 11.5 Å². The third kappa shape index (κ3) is 4.91. The molecule has 0 spiro atoms. The molecular weight excluding hydrogens is 346 g/mol. The van der Waals surface area contributed by atoms with Gasteiger partial charge in [-0.2, -0.15) is 0 Å². The van der Waals surface area contributed by atoms with Crippen LogP contribution in [0.4, 0.5) is 0 Å². The minimum absolute atomic E-state index is 0.00876. The van der Waals surface area contributed by atoms with E-state index in [9.17, 15) is 19.2 Å². The number of hydrogen-bond donors (Lipinski definition) is 0. The molecule has 1 aliphatic heterocycles. The Labute approximate surface area is 150 Å². The van der Waals surface area contributed by atoms with Crippen LogP contribution < -0.4 is 4.87 Å². The van der Waals surface area contributed by atoms with Gasteiger partial charge in [-0.3, -0.25) is 19.2 Å². The number of piperazine rings is 1. The van der Waals surface area contributed by atoms with Crippen LogP contribution in [0.25, 0.3) is 0 Å². The number of aryl methyl sites for hydroxylation is 1. The molecule has 1 saturated heterocycles. The van der Waals surface area contributed by atoms with Crippen LogP contribution in [0, 0.1) is 6.92 Å². The third-order valence-electron chi connectivity index (χ3n) is 4.21. The minimum atomic E-state index is -0.878. The Morgan fingerprint density at radius 1 is 1.20 bits per heavy atom. The zero-order chi connectivity index (χ0) is 18.6. The first kappa shape index (κ1) is 19.2. The van der Waals surface area contributed by atoms with Crippen molar-refractivity contribution >= 4 is 29.1 Å². The van der Waals surface area contributed by atoms with Crippen LogP contribution >= 0.6 is 11.3 Å². The fourth-order valence-corrected chi connectivity index (χ4v) is 3.44. The first-order valence-corrected chi connectivity index (χ1v) is 9.06. The lowest BCUT2D eigenvalue weighted by Crippen LogP contribution is -2.52. The summed E-state index contributed by atoms with van der Waals surface area (Å²) in [6.07, 6.45) is -0.843. The van der Waals surface area contributed by atoms with Gasteiger partial charge in [0.25, 0.3) is 5.91 Å². The first-order valence-electron chi connectivity index (χ1n) is 8.18. The highest BCUT2D eigenvalue weighted by Gasteiger charge is 2.27. The molecule has 1 aromatic rings. The average molecular weight is 369 g/mol. The van der Waals surface area contributed by atoms with Gasteiger partial charge in [-0.05, 0) is 13.8 Å². The number of ether oxygens (including phenoxy) is 1. The molecule has 138 valence electrons. The van der Waals surface area contributed by atoms with Gasteiger partial charge in [0.05, 0.1) is 6.42 Å². The average Bonchev–Trinajstić information content (AvgIpc) is 2.90. The lowest BCUT2D eigenvalue weighted by atomic mass is 10.2. The highest BCUT2D eigenvalue weighted by molar-refractivity contribution is 7.07. The number of rotatable bonds is 5. The summed E-state index contributed by atoms with van der Waals surface area (Å²) < 4.78 is 6.71. The highest BCUT2D eigenvalue weighted by atomic mass is 32.1. The van der Waals surface area contributed by atoms with E-state index < -0.39 is 12.1 Å². The van der Waals surface area contributed by atoms with E-state index in [0.717, 1.165) is 17.0 Å². The molecule has 1 aromatic heterocycles. The Bertz CT molecular complexity index is 703. The first-order chi connectivity index (χ1) is 11.8. The van der Waals surface area contributed by atoms with Gasteiger partial charge < -0.3 is 19.1 Å². The Morgan fingerprint density at radius 2 is 1.80 bits per heavy atom. The summed E-state index contributed by atoms with van der Waals surface area (Å²) in [7, 11) is 0. The molecule has 1 fully saturated rings. The molecule has 8 nitrogen and oxygen atoms in total. The molecule has 0 aliphatic carbocycles. The van der Waals surface area contributed by atoms with Crippen LogP contribution in [-0.4, -0.2) is 64.4 Å². The van der Waals surface area contributed by atoms with Gasteiger partial charge in [0.15, 0.2) is 6.10 Å². The quantitative estimate of drug-likeness (QED) is 0.693. The van der Waals surface area contributed by atoms with Crippen LogP contribution in [0.1, 0.15) is 26.0 Å². The van der Waals surface area contributed by atoms with Gasteiger partial charge in [-0.25, -0.2) is 0 Å². The molecule has 0 N–H and O–H groups in total. The molecule has 1 unspecified atom stereocenters. The normalized spacial score (nSPS) is 15.8. The number of nitrogens with zero attached hydrogens (tertiary/aromatic N) is 3. The van der Waals surface area contributed by atoms with Gasteiger partial charge >= 0.3 is 10.8 Å². The molecule has 2 rings (SSSR count). The summed E-state index contributed by atoms with van der Waals surface area (Å²) in [5, 5.41) is 1.74. The predicted molar refractivity (Wildman–Crippen MR) is 92.3 cm³/mol. The molecule has 2 heterocycles. The fraction of sp³-hybridized carbons (Fsp3) is 0.625. The molecule has 0 bridgehead atoms. The maximum absolute atomic E-state index is 12.3. The second-order valence-electron chi connectivity index (χ2n) is 6.01. The van der Waals surface area contributed by atoms with Crippen LogP contribution in [0.15, 0.2) is 10.2 Å². The number of hydrogen-bond acceptors (Lipinski definition) is 6. The number of carbonyl (C=O) groups excluding carboxylic acids is 3. The summed E-state index contributed by atoms with van der Waals surface area (Å²) in [6, 6.07) is 0. The summed E-state index contributed by atoms with van der Waals surface area (Å²) in [5.41, 5.74) is 0.801. The maximum atomic E-state index is 12.3. The Morgan fingerprint density at radius 3 is 2.32 bits per heavy atom. The zero-order valence-corrected chi connectivity index (χ0v) is 15.5. The van der Waals surface area contributed by atoms with Crippen LogP contribution in [0.3, 0.4) is 0 Å². The zero-order valence-electron chi connectivity index (χ0n) is 14.7. The molecule has 0 aromatic carbocycles. The topological polar surface area (TPSA) is 88.9 Å². The standard InChI is InChI=1S/C16H23N3O5S/c1-11-10-25-16(23)19(11)5-4-14(21)24-12(2)15(22)18-8-6-17(7-9-18)13(3)20/h10,12H,4-9H2,1-3H3. The van der Waals surface area contributed by atoms with Gasteiger partial charge in [0.1, 0.15) is 0 Å². The molecule has 2 amide bonds. The van der Waals surface area contributed by atoms with Gasteiger partial charge in [0, 0.05) is 50.7 Å². The van der Waals surface area contributed by atoms with Crippen molar-refractivity contribution in [3.8, 4) is 0 Å². The molecule has 1 aliphatic rings. The maximum Gasteiger partial charge on any atom is 0.308 e. The Balaban J connectivity index is 1.79. The number of aromatic nitrogens is 1. The van der Waals surface area contributed by atoms with Crippen LogP contribution in [-0.2, 0) is 25.7 Å². The SMILES string of the molecule is CC(=O)N1CCN(C(=O)C(C)OC(=O)CCn2c(C)csc2=O)CC1. The Hall–Kier alpha value is -2.16. The second-order valence-corrected chi connectivity index (χ2v) is 6.83. The van der Waals surface area contributed by atoms with Crippen LogP contribution in [0.5, 0.6) is 0 Å². The van der Waals surface area contributed by atoms with Crippen molar-refractivity contribution in [2.24, 2.45) is 0 Å². The summed E-state index contributed by atoms with van der Waals surface area (Å²) >= 11 is 1.09. The Kier molecular flexibility index (Phi) is 6.35. The second kappa shape index (κ2) is 8.28. The molecule has 9 heteroatoms. The van der Waals surface area contributed by atoms with Gasteiger partial charge in [0.2, 0.25) is 5.91 Å². The van der Waals surface area contributed by atoms with E-state index >= 15 is 0 Å². The van der Waals surface area contributed by atoms with Crippen molar-refractivity contribution < 1.29 is 19.1 Å². The predicted octanol–water partition coefficient (Wildman–Crippen LogP) is 0.231. The van der Waals surface area contributed by atoms with Crippen molar-refractivity contribution in [3.63, 3.8) is 0 Å². The van der Waals surface area contributed by atoms with Crippen molar-refractivity contribution in [2.75, 3.05) is 26.2 Å². The van der Waals surface area contributed by atoms with Crippen molar-refractivity contribution in [2.45, 2.75) is 39.8 Å². The summed E-state index contributed by atoms with van der Waals surface area (Å²) in [6.45, 7) is 6.93. The van der Waals surface area contributed by atoms with E-state index in [0.29, 0.717) is 26.2 Å². The van der Waals surface area contributed by atoms with Gasteiger partial charge in [-0.15, -0.1) is 0 Å². The lowest BCUT2D eigenvalue weighted by Gasteiger charge is -2.35. The van der Waals surface area contributed by atoms with E-state index in [4.69, 9.17) is 4.74 Å². The number of esters is 1. The third-order valence-corrected chi connectivity index (χ3v) is 5.09. The number of carbonyl (C=O) groups is 3. The molecule has 1 atom stereocenters. The molecule has 0 saturated carbocycles. The summed E-state index contributed by atoms with van der Waals surface area (Å²) in [5.74, 6) is -0.785. The minimum Gasteiger partial charge on any atom is -0.452 e. The fourth-order valence-electron chi connectivity index (χ4n) is 2.68. The van der Waals surface area contributed by atoms with Crippen molar-refractivity contribution in [1.82, 2.24) is 14.4 Å². The van der Waals surface area contributed by atoms with Crippen molar-refractivity contribution in [3.05, 3.63) is 20.7 Å². The van der Waals surface area contributed by atoms with E-state index in [1.54, 1.807) is 29.0 Å². The van der Waals surface area contributed by atoms with E-state index in [-0.39, 0.29) is 29.7 Å². The number of amides is 2. The van der Waals surface area contributed by atoms with E-state index in [2.05, 4.69) is 0 Å². The monoisotopic (exact) mass is 369 g/mol. The summed E-state index contributed by atoms with van der Waals surface area (Å²) in [4.78, 5) is 50.4. The largest absolute Gasteiger partial charge is 0.452 e. The molecular formula is C16H23N3O5S. The molecule has 25 heavy (non-hydrogen) atoms. The molecule has 0 radical (unpaired) electrons. The number of thiazole rings is 1. The van der Waals surface area contributed by atoms with E-state index in [1.807, 2.05) is 0 Å². The smallest absolute Gasteiger partial charge is 0.308 e. The van der Waals surface area contributed by atoms with Crippen molar-refractivity contribution in [1.29, 1.82) is 0 Å².